The number of hydrogen-bond acceptors (Lipinski definition) is 3. The minimum absolute atomic E-state index is 0.420. The van der Waals surface area contributed by atoms with Crippen molar-refractivity contribution in [1.82, 2.24) is 15.2 Å². The first-order valence-corrected chi connectivity index (χ1v) is 3.59. The Morgan fingerprint density at radius 1 is 1.18 bits per heavy atom. The minimum Gasteiger partial charge on any atom is -0.328 e. The lowest BCUT2D eigenvalue weighted by Crippen LogP contribution is -1.87. The standard InChI is InChI=1S/C7H5N3S/c11-7-8-5-3-1-2-4-6(5)9-10-7/h1-4H,(H,8,10,11). The Labute approximate surface area is 68.1 Å². The molecule has 1 aromatic carbocycles. The van der Waals surface area contributed by atoms with Crippen LogP contribution in [0.1, 0.15) is 0 Å². The third kappa shape index (κ3) is 1.12. The molecule has 0 saturated heterocycles. The monoisotopic (exact) mass is 163 g/mol. The summed E-state index contributed by atoms with van der Waals surface area (Å²) >= 11 is 4.81. The van der Waals surface area contributed by atoms with Crippen molar-refractivity contribution in [2.45, 2.75) is 0 Å². The van der Waals surface area contributed by atoms with E-state index in [-0.39, 0.29) is 0 Å². The van der Waals surface area contributed by atoms with E-state index in [1.165, 1.54) is 0 Å². The van der Waals surface area contributed by atoms with Crippen molar-refractivity contribution in [2.24, 2.45) is 0 Å². The fourth-order valence-electron chi connectivity index (χ4n) is 0.906. The molecule has 1 aromatic heterocycles. The number of aromatic amines is 1. The Balaban J connectivity index is 2.94. The van der Waals surface area contributed by atoms with Gasteiger partial charge in [-0.1, -0.05) is 12.1 Å². The van der Waals surface area contributed by atoms with Gasteiger partial charge in [0.15, 0.2) is 0 Å². The molecule has 0 saturated carbocycles. The molecule has 3 nitrogen and oxygen atoms in total. The lowest BCUT2D eigenvalue weighted by atomic mass is 10.3. The summed E-state index contributed by atoms with van der Waals surface area (Å²) in [6.45, 7) is 0. The molecule has 54 valence electrons. The van der Waals surface area contributed by atoms with Gasteiger partial charge in [-0.2, -0.15) is 0 Å². The van der Waals surface area contributed by atoms with E-state index >= 15 is 0 Å². The van der Waals surface area contributed by atoms with Crippen molar-refractivity contribution in [3.63, 3.8) is 0 Å². The molecule has 11 heavy (non-hydrogen) atoms. The Morgan fingerprint density at radius 3 is 2.91 bits per heavy atom. The molecule has 0 aliphatic rings. The van der Waals surface area contributed by atoms with Crippen LogP contribution in [-0.2, 0) is 0 Å². The second kappa shape index (κ2) is 2.39. The smallest absolute Gasteiger partial charge is 0.218 e. The maximum Gasteiger partial charge on any atom is 0.218 e. The summed E-state index contributed by atoms with van der Waals surface area (Å²) in [7, 11) is 0. The van der Waals surface area contributed by atoms with Crippen LogP contribution in [0.2, 0.25) is 0 Å². The molecule has 2 rings (SSSR count). The van der Waals surface area contributed by atoms with E-state index in [2.05, 4.69) is 15.2 Å². The van der Waals surface area contributed by atoms with Gasteiger partial charge in [-0.3, -0.25) is 0 Å². The van der Waals surface area contributed by atoms with Crippen molar-refractivity contribution in [3.8, 4) is 0 Å². The van der Waals surface area contributed by atoms with Crippen LogP contribution in [0.25, 0.3) is 11.0 Å². The Morgan fingerprint density at radius 2 is 2.00 bits per heavy atom. The van der Waals surface area contributed by atoms with Crippen molar-refractivity contribution in [2.75, 3.05) is 0 Å². The lowest BCUT2D eigenvalue weighted by molar-refractivity contribution is 1.00. The lowest BCUT2D eigenvalue weighted by Gasteiger charge is -1.92. The van der Waals surface area contributed by atoms with Gasteiger partial charge >= 0.3 is 0 Å². The minimum atomic E-state index is 0.420. The van der Waals surface area contributed by atoms with E-state index in [9.17, 15) is 0 Å². The zero-order valence-corrected chi connectivity index (χ0v) is 6.43. The summed E-state index contributed by atoms with van der Waals surface area (Å²) in [5, 5.41) is 7.61. The highest BCUT2D eigenvalue weighted by atomic mass is 32.1. The van der Waals surface area contributed by atoms with E-state index in [4.69, 9.17) is 12.2 Å². The van der Waals surface area contributed by atoms with Crippen LogP contribution in [-0.4, -0.2) is 15.2 Å². The number of fused-ring (bicyclic) bond motifs is 1. The molecule has 0 atom stereocenters. The highest BCUT2D eigenvalue weighted by Crippen LogP contribution is 2.04. The molecule has 4 heteroatoms. The maximum absolute atomic E-state index is 4.81. The number of aromatic nitrogens is 3. The van der Waals surface area contributed by atoms with Gasteiger partial charge in [-0.25, -0.2) is 0 Å². The molecule has 0 amide bonds. The molecule has 0 aliphatic heterocycles. The second-order valence-electron chi connectivity index (χ2n) is 2.15. The van der Waals surface area contributed by atoms with E-state index < -0.39 is 0 Å². The first kappa shape index (κ1) is 6.42. The van der Waals surface area contributed by atoms with Crippen LogP contribution in [0.5, 0.6) is 0 Å². The van der Waals surface area contributed by atoms with Crippen LogP contribution in [0.4, 0.5) is 0 Å². The second-order valence-corrected chi connectivity index (χ2v) is 2.53. The van der Waals surface area contributed by atoms with Crippen LogP contribution >= 0.6 is 12.2 Å². The van der Waals surface area contributed by atoms with Crippen LogP contribution < -0.4 is 0 Å². The Hall–Kier alpha value is -1.29. The summed E-state index contributed by atoms with van der Waals surface area (Å²) in [5.74, 6) is 0. The maximum atomic E-state index is 4.81. The summed E-state index contributed by atoms with van der Waals surface area (Å²) in [6.07, 6.45) is 0. The number of nitrogens with zero attached hydrogens (tertiary/aromatic N) is 2. The van der Waals surface area contributed by atoms with Crippen molar-refractivity contribution < 1.29 is 0 Å². The molecule has 0 spiro atoms. The molecule has 1 N–H and O–H groups in total. The predicted octanol–water partition coefficient (Wildman–Crippen LogP) is 1.69. The Bertz CT molecular complexity index is 435. The SMILES string of the molecule is S=c1nnc2ccccc2[nH]1. The van der Waals surface area contributed by atoms with Crippen molar-refractivity contribution >= 4 is 23.3 Å². The van der Waals surface area contributed by atoms with Crippen LogP contribution in [0.15, 0.2) is 24.3 Å². The van der Waals surface area contributed by atoms with Gasteiger partial charge < -0.3 is 4.98 Å². The normalized spacial score (nSPS) is 10.2. The molecule has 0 aliphatic carbocycles. The zero-order chi connectivity index (χ0) is 7.68. The summed E-state index contributed by atoms with van der Waals surface area (Å²) in [5.41, 5.74) is 1.76. The van der Waals surface area contributed by atoms with Crippen LogP contribution in [0, 0.1) is 4.77 Å². The topological polar surface area (TPSA) is 41.6 Å². The van der Waals surface area contributed by atoms with Gasteiger partial charge in [-0.05, 0) is 24.4 Å². The van der Waals surface area contributed by atoms with Gasteiger partial charge in [0.05, 0.1) is 5.52 Å². The van der Waals surface area contributed by atoms with E-state index in [0.29, 0.717) is 4.77 Å². The molecule has 0 radical (unpaired) electrons. The quantitative estimate of drug-likeness (QED) is 0.601. The van der Waals surface area contributed by atoms with E-state index in [0.717, 1.165) is 11.0 Å². The van der Waals surface area contributed by atoms with Gasteiger partial charge in [0.25, 0.3) is 0 Å². The van der Waals surface area contributed by atoms with Gasteiger partial charge in [0.2, 0.25) is 4.77 Å². The predicted molar refractivity (Wildman–Crippen MR) is 44.7 cm³/mol. The Kier molecular flexibility index (Phi) is 1.40. The molecule has 0 unspecified atom stereocenters. The number of rotatable bonds is 0. The third-order valence-corrected chi connectivity index (χ3v) is 1.58. The molecule has 0 fully saturated rings. The van der Waals surface area contributed by atoms with Gasteiger partial charge in [0.1, 0.15) is 5.52 Å². The molecule has 2 aromatic rings. The number of para-hydroxylation sites is 1. The van der Waals surface area contributed by atoms with Crippen LogP contribution in [0.3, 0.4) is 0 Å². The molecule has 1 heterocycles. The average molecular weight is 163 g/mol. The van der Waals surface area contributed by atoms with Crippen molar-refractivity contribution in [1.29, 1.82) is 0 Å². The molecule has 0 bridgehead atoms. The summed E-state index contributed by atoms with van der Waals surface area (Å²) in [6, 6.07) is 7.64. The number of benzene rings is 1. The number of nitrogens with one attached hydrogen (secondary N) is 1. The largest absolute Gasteiger partial charge is 0.328 e. The van der Waals surface area contributed by atoms with Gasteiger partial charge in [0, 0.05) is 0 Å². The van der Waals surface area contributed by atoms with Gasteiger partial charge in [-0.15, -0.1) is 10.2 Å². The van der Waals surface area contributed by atoms with Crippen molar-refractivity contribution in [3.05, 3.63) is 29.0 Å². The number of H-pyrrole nitrogens is 1. The average Bonchev–Trinajstić information content (AvgIpc) is 2.04. The molecular formula is C7H5N3S. The zero-order valence-electron chi connectivity index (χ0n) is 5.61. The highest BCUT2D eigenvalue weighted by molar-refractivity contribution is 7.71. The highest BCUT2D eigenvalue weighted by Gasteiger charge is 1.90. The van der Waals surface area contributed by atoms with E-state index in [1.807, 2.05) is 24.3 Å². The fraction of sp³-hybridized carbons (Fsp3) is 0. The third-order valence-electron chi connectivity index (χ3n) is 1.39. The first-order valence-electron chi connectivity index (χ1n) is 3.18. The number of hydrogen-bond donors (Lipinski definition) is 1. The van der Waals surface area contributed by atoms with E-state index in [1.54, 1.807) is 0 Å². The summed E-state index contributed by atoms with van der Waals surface area (Å²) < 4.78 is 0.420. The summed E-state index contributed by atoms with van der Waals surface area (Å²) in [4.78, 5) is 2.93. The first-order chi connectivity index (χ1) is 5.36. The molecular weight excluding hydrogens is 158 g/mol. The fourth-order valence-corrected chi connectivity index (χ4v) is 1.06.